The number of rotatable bonds is 5. The molecule has 144 valence electrons. The van der Waals surface area contributed by atoms with Crippen molar-refractivity contribution in [2.24, 2.45) is 0 Å². The van der Waals surface area contributed by atoms with E-state index in [1.165, 1.54) is 7.11 Å². The second kappa shape index (κ2) is 7.65. The number of anilines is 1. The molecule has 2 aliphatic rings. The number of methoxy groups -OCH3 is 1. The molecule has 2 heterocycles. The Labute approximate surface area is 170 Å². The summed E-state index contributed by atoms with van der Waals surface area (Å²) < 4.78 is 15.7. The van der Waals surface area contributed by atoms with Gasteiger partial charge in [0.15, 0.2) is 11.5 Å². The van der Waals surface area contributed by atoms with Gasteiger partial charge in [0.05, 0.1) is 23.7 Å². The smallest absolute Gasteiger partial charge is 0.295 e. The number of halogens is 1. The van der Waals surface area contributed by atoms with Gasteiger partial charge in [-0.2, -0.15) is 0 Å². The zero-order chi connectivity index (χ0) is 19.7. The lowest BCUT2D eigenvalue weighted by Crippen LogP contribution is -2.33. The van der Waals surface area contributed by atoms with Crippen LogP contribution in [0.5, 0.6) is 17.2 Å². The van der Waals surface area contributed by atoms with Gasteiger partial charge in [-0.25, -0.2) is 0 Å². The number of amides is 2. The van der Waals surface area contributed by atoms with Gasteiger partial charge in [-0.15, -0.1) is 0 Å². The standard InChI is InChI=1S/C19H15ClN2O5S/c1-25-14-5-3-12(8-13(14)20)21-9-22-18(23)17(28-19(22)24)7-11-2-4-15-16(6-11)27-10-26-15/h2-8,21H,9-10H2,1H3/b17-7-. The summed E-state index contributed by atoms with van der Waals surface area (Å²) in [7, 11) is 1.53. The van der Waals surface area contributed by atoms with Crippen molar-refractivity contribution in [3.05, 3.63) is 51.9 Å². The van der Waals surface area contributed by atoms with Gasteiger partial charge >= 0.3 is 0 Å². The summed E-state index contributed by atoms with van der Waals surface area (Å²) >= 11 is 6.99. The molecule has 0 spiro atoms. The second-order valence-electron chi connectivity index (χ2n) is 5.91. The van der Waals surface area contributed by atoms with E-state index in [2.05, 4.69) is 5.32 Å². The number of carbonyl (C=O) groups excluding carboxylic acids is 2. The van der Waals surface area contributed by atoms with E-state index < -0.39 is 0 Å². The average molecular weight is 419 g/mol. The Morgan fingerprint density at radius 2 is 2.04 bits per heavy atom. The van der Waals surface area contributed by atoms with Crippen molar-refractivity contribution in [3.63, 3.8) is 0 Å². The third kappa shape index (κ3) is 3.61. The highest BCUT2D eigenvalue weighted by Crippen LogP contribution is 2.36. The van der Waals surface area contributed by atoms with Crippen molar-refractivity contribution >= 4 is 46.3 Å². The molecule has 2 aromatic carbocycles. The average Bonchev–Trinajstić information content (AvgIpc) is 3.25. The maximum Gasteiger partial charge on any atom is 0.295 e. The number of hydrogen-bond donors (Lipinski definition) is 1. The maximum absolute atomic E-state index is 12.6. The van der Waals surface area contributed by atoms with Gasteiger partial charge in [-0.1, -0.05) is 17.7 Å². The van der Waals surface area contributed by atoms with Crippen molar-refractivity contribution in [3.8, 4) is 17.2 Å². The third-order valence-corrected chi connectivity index (χ3v) is 5.36. The molecule has 7 nitrogen and oxygen atoms in total. The van der Waals surface area contributed by atoms with E-state index in [0.29, 0.717) is 32.9 Å². The number of nitrogens with zero attached hydrogens (tertiary/aromatic N) is 1. The molecule has 0 aromatic heterocycles. The molecule has 2 aromatic rings. The highest BCUT2D eigenvalue weighted by molar-refractivity contribution is 8.18. The van der Waals surface area contributed by atoms with Crippen LogP contribution in [-0.4, -0.2) is 36.6 Å². The Bertz CT molecular complexity index is 994. The van der Waals surface area contributed by atoms with E-state index in [9.17, 15) is 9.59 Å². The normalized spacial score (nSPS) is 16.8. The van der Waals surface area contributed by atoms with Crippen molar-refractivity contribution in [2.75, 3.05) is 25.9 Å². The number of ether oxygens (including phenoxy) is 3. The van der Waals surface area contributed by atoms with Crippen LogP contribution in [0.25, 0.3) is 6.08 Å². The monoisotopic (exact) mass is 418 g/mol. The van der Waals surface area contributed by atoms with Gasteiger partial charge in [-0.05, 0) is 53.7 Å². The lowest BCUT2D eigenvalue weighted by atomic mass is 10.2. The summed E-state index contributed by atoms with van der Waals surface area (Å²) in [5.74, 6) is 1.46. The first kappa shape index (κ1) is 18.5. The topological polar surface area (TPSA) is 77.1 Å². The highest BCUT2D eigenvalue weighted by Gasteiger charge is 2.35. The fourth-order valence-electron chi connectivity index (χ4n) is 2.74. The van der Waals surface area contributed by atoms with Gasteiger partial charge in [0.2, 0.25) is 6.79 Å². The van der Waals surface area contributed by atoms with Gasteiger partial charge < -0.3 is 19.5 Å². The molecule has 0 radical (unpaired) electrons. The first-order valence-electron chi connectivity index (χ1n) is 8.27. The molecule has 0 unspecified atom stereocenters. The number of carbonyl (C=O) groups is 2. The molecule has 9 heteroatoms. The number of hydrogen-bond acceptors (Lipinski definition) is 7. The fourth-order valence-corrected chi connectivity index (χ4v) is 3.83. The molecule has 1 N–H and O–H groups in total. The number of thioether (sulfide) groups is 1. The van der Waals surface area contributed by atoms with Crippen LogP contribution in [0.4, 0.5) is 10.5 Å². The van der Waals surface area contributed by atoms with Crippen molar-refractivity contribution in [2.45, 2.75) is 0 Å². The molecule has 0 saturated carbocycles. The summed E-state index contributed by atoms with van der Waals surface area (Å²) in [6.07, 6.45) is 1.66. The predicted octanol–water partition coefficient (Wildman–Crippen LogP) is 4.18. The molecule has 0 atom stereocenters. The minimum absolute atomic E-state index is 0.0335. The number of benzene rings is 2. The summed E-state index contributed by atoms with van der Waals surface area (Å²) in [4.78, 5) is 26.4. The summed E-state index contributed by atoms with van der Waals surface area (Å²) in [6, 6.07) is 10.5. The summed E-state index contributed by atoms with van der Waals surface area (Å²) in [5.41, 5.74) is 1.43. The van der Waals surface area contributed by atoms with Crippen molar-refractivity contribution in [1.82, 2.24) is 4.90 Å². The minimum Gasteiger partial charge on any atom is -0.495 e. The first-order valence-corrected chi connectivity index (χ1v) is 9.47. The summed E-state index contributed by atoms with van der Waals surface area (Å²) in [6.45, 7) is 0.210. The number of nitrogens with one attached hydrogen (secondary N) is 1. The molecule has 2 amide bonds. The van der Waals surface area contributed by atoms with Crippen molar-refractivity contribution in [1.29, 1.82) is 0 Å². The molecule has 0 bridgehead atoms. The Hall–Kier alpha value is -2.84. The van der Waals surface area contributed by atoms with Crippen LogP contribution >= 0.6 is 23.4 Å². The summed E-state index contributed by atoms with van der Waals surface area (Å²) in [5, 5.41) is 3.12. The lowest BCUT2D eigenvalue weighted by molar-refractivity contribution is -0.122. The molecule has 4 rings (SSSR count). The van der Waals surface area contributed by atoms with E-state index in [0.717, 1.165) is 22.2 Å². The van der Waals surface area contributed by atoms with Crippen LogP contribution in [0.3, 0.4) is 0 Å². The SMILES string of the molecule is COc1ccc(NCN2C(=O)S/C(=C\c3ccc4c(c3)OCO4)C2=O)cc1Cl. The highest BCUT2D eigenvalue weighted by atomic mass is 35.5. The van der Waals surface area contributed by atoms with Crippen molar-refractivity contribution < 1.29 is 23.8 Å². The van der Waals surface area contributed by atoms with E-state index in [1.807, 2.05) is 0 Å². The minimum atomic E-state index is -0.361. The van der Waals surface area contributed by atoms with E-state index >= 15 is 0 Å². The molecule has 1 fully saturated rings. The quantitative estimate of drug-likeness (QED) is 0.729. The fraction of sp³-hybridized carbons (Fsp3) is 0.158. The van der Waals surface area contributed by atoms with E-state index in [4.69, 9.17) is 25.8 Å². The van der Waals surface area contributed by atoms with Gasteiger partial charge in [0.1, 0.15) is 5.75 Å². The Morgan fingerprint density at radius 3 is 2.82 bits per heavy atom. The predicted molar refractivity (Wildman–Crippen MR) is 107 cm³/mol. The second-order valence-corrected chi connectivity index (χ2v) is 7.31. The van der Waals surface area contributed by atoms with Gasteiger partial charge in [-0.3, -0.25) is 14.5 Å². The first-order chi connectivity index (χ1) is 13.5. The van der Waals surface area contributed by atoms with Gasteiger partial charge in [0.25, 0.3) is 11.1 Å². The Kier molecular flexibility index (Phi) is 5.06. The van der Waals surface area contributed by atoms with Crippen LogP contribution in [0.15, 0.2) is 41.3 Å². The van der Waals surface area contributed by atoms with Gasteiger partial charge in [0, 0.05) is 5.69 Å². The Morgan fingerprint density at radius 1 is 1.21 bits per heavy atom. The molecular formula is C19H15ClN2O5S. The van der Waals surface area contributed by atoms with Crippen LogP contribution in [0.2, 0.25) is 5.02 Å². The molecule has 1 saturated heterocycles. The molecule has 2 aliphatic heterocycles. The van der Waals surface area contributed by atoms with Crippen LogP contribution in [0, 0.1) is 0 Å². The number of fused-ring (bicyclic) bond motifs is 1. The van der Waals surface area contributed by atoms with Crippen LogP contribution in [0.1, 0.15) is 5.56 Å². The lowest BCUT2D eigenvalue weighted by Gasteiger charge is -2.15. The third-order valence-electron chi connectivity index (χ3n) is 4.16. The largest absolute Gasteiger partial charge is 0.495 e. The zero-order valence-electron chi connectivity index (χ0n) is 14.7. The maximum atomic E-state index is 12.6. The molecular weight excluding hydrogens is 404 g/mol. The van der Waals surface area contributed by atoms with E-state index in [1.54, 1.807) is 42.5 Å². The zero-order valence-corrected chi connectivity index (χ0v) is 16.3. The Balaban J connectivity index is 1.46. The van der Waals surface area contributed by atoms with Crippen LogP contribution < -0.4 is 19.5 Å². The van der Waals surface area contributed by atoms with E-state index in [-0.39, 0.29) is 24.6 Å². The van der Waals surface area contributed by atoms with Crippen LogP contribution in [-0.2, 0) is 4.79 Å². The molecule has 28 heavy (non-hydrogen) atoms. The number of imide groups is 1. The molecule has 0 aliphatic carbocycles.